The second-order valence-corrected chi connectivity index (χ2v) is 9.23. The fourth-order valence-corrected chi connectivity index (χ4v) is 4.23. The number of ether oxygens (including phenoxy) is 1. The van der Waals surface area contributed by atoms with Crippen molar-refractivity contribution in [3.8, 4) is 5.75 Å². The van der Waals surface area contributed by atoms with Crippen LogP contribution < -0.4 is 10.1 Å². The zero-order valence-corrected chi connectivity index (χ0v) is 21.0. The van der Waals surface area contributed by atoms with Gasteiger partial charge < -0.3 is 15.0 Å². The first-order chi connectivity index (χ1) is 15.3. The molecule has 0 saturated carbocycles. The van der Waals surface area contributed by atoms with Gasteiger partial charge in [-0.2, -0.15) is 0 Å². The van der Waals surface area contributed by atoms with Crippen molar-refractivity contribution in [2.45, 2.75) is 45.0 Å². The van der Waals surface area contributed by atoms with Gasteiger partial charge in [-0.1, -0.05) is 54.7 Å². The number of halogens is 2. The number of carbonyl (C=O) groups excluding carboxylic acids is 2. The van der Waals surface area contributed by atoms with Gasteiger partial charge in [-0.25, -0.2) is 0 Å². The van der Waals surface area contributed by atoms with Gasteiger partial charge in [0, 0.05) is 18.8 Å². The minimum absolute atomic E-state index is 0.101. The van der Waals surface area contributed by atoms with Crippen LogP contribution in [-0.4, -0.2) is 42.2 Å². The van der Waals surface area contributed by atoms with Gasteiger partial charge >= 0.3 is 0 Å². The zero-order valence-electron chi connectivity index (χ0n) is 18.7. The molecule has 0 aliphatic rings. The third kappa shape index (κ3) is 8.23. The van der Waals surface area contributed by atoms with Gasteiger partial charge in [0.15, 0.2) is 0 Å². The Kier molecular flexibility index (Phi) is 11.2. The quantitative estimate of drug-likeness (QED) is 0.390. The van der Waals surface area contributed by atoms with E-state index < -0.39 is 6.04 Å². The number of amides is 2. The largest absolute Gasteiger partial charge is 0.497 e. The highest BCUT2D eigenvalue weighted by Gasteiger charge is 2.26. The predicted octanol–water partition coefficient (Wildman–Crippen LogP) is 5.57. The van der Waals surface area contributed by atoms with Crippen molar-refractivity contribution in [2.75, 3.05) is 19.4 Å². The smallest absolute Gasteiger partial charge is 0.242 e. The Morgan fingerprint density at radius 2 is 1.91 bits per heavy atom. The van der Waals surface area contributed by atoms with E-state index >= 15 is 0 Å². The molecule has 0 fully saturated rings. The van der Waals surface area contributed by atoms with Gasteiger partial charge in [0.05, 0.1) is 22.9 Å². The summed E-state index contributed by atoms with van der Waals surface area (Å²) >= 11 is 13.5. The highest BCUT2D eigenvalue weighted by molar-refractivity contribution is 7.99. The highest BCUT2D eigenvalue weighted by Crippen LogP contribution is 2.25. The van der Waals surface area contributed by atoms with Gasteiger partial charge in [0.2, 0.25) is 11.8 Å². The third-order valence-electron chi connectivity index (χ3n) is 4.96. The summed E-state index contributed by atoms with van der Waals surface area (Å²) in [6.07, 6.45) is 1.90. The standard InChI is InChI=1S/C24H30Cl2N2O3S/c1-4-5-11-27-24(30)17(2)28(14-18-7-6-8-20(12-18)31-3)23(29)16-32-15-19-9-10-21(25)22(26)13-19/h6-10,12-13,17H,4-5,11,14-16H2,1-3H3,(H,27,30). The van der Waals surface area contributed by atoms with E-state index in [4.69, 9.17) is 27.9 Å². The number of nitrogens with zero attached hydrogens (tertiary/aromatic N) is 1. The Hall–Kier alpha value is -1.89. The van der Waals surface area contributed by atoms with E-state index in [1.54, 1.807) is 31.1 Å². The monoisotopic (exact) mass is 496 g/mol. The molecule has 5 nitrogen and oxygen atoms in total. The Labute approximate surface area is 204 Å². The molecule has 0 radical (unpaired) electrons. The van der Waals surface area contributed by atoms with E-state index in [9.17, 15) is 9.59 Å². The van der Waals surface area contributed by atoms with Gasteiger partial charge in [-0.05, 0) is 48.7 Å². The molecule has 2 aromatic rings. The lowest BCUT2D eigenvalue weighted by molar-refractivity contribution is -0.138. The highest BCUT2D eigenvalue weighted by atomic mass is 35.5. The summed E-state index contributed by atoms with van der Waals surface area (Å²) in [7, 11) is 1.60. The van der Waals surface area contributed by atoms with E-state index in [2.05, 4.69) is 12.2 Å². The number of rotatable bonds is 12. The van der Waals surface area contributed by atoms with Gasteiger partial charge in [0.25, 0.3) is 0 Å². The second-order valence-electron chi connectivity index (χ2n) is 7.43. The van der Waals surface area contributed by atoms with Crippen LogP contribution in [0.5, 0.6) is 5.75 Å². The lowest BCUT2D eigenvalue weighted by atomic mass is 10.1. The van der Waals surface area contributed by atoms with Crippen molar-refractivity contribution >= 4 is 46.8 Å². The molecule has 0 aliphatic heterocycles. The van der Waals surface area contributed by atoms with Crippen molar-refractivity contribution in [2.24, 2.45) is 0 Å². The molecule has 0 aromatic heterocycles. The molecule has 0 aliphatic carbocycles. The van der Waals surface area contributed by atoms with Gasteiger partial charge in [-0.3, -0.25) is 9.59 Å². The maximum atomic E-state index is 13.1. The molecule has 174 valence electrons. The van der Waals surface area contributed by atoms with Crippen LogP contribution in [0.1, 0.15) is 37.8 Å². The predicted molar refractivity (Wildman–Crippen MR) is 134 cm³/mol. The van der Waals surface area contributed by atoms with E-state index in [1.165, 1.54) is 11.8 Å². The molecule has 2 aromatic carbocycles. The second kappa shape index (κ2) is 13.6. The molecule has 0 saturated heterocycles. The van der Waals surface area contributed by atoms with Crippen LogP contribution in [0.2, 0.25) is 10.0 Å². The van der Waals surface area contributed by atoms with E-state index in [-0.39, 0.29) is 17.6 Å². The summed E-state index contributed by atoms with van der Waals surface area (Å²) in [5.41, 5.74) is 1.89. The number of hydrogen-bond donors (Lipinski definition) is 1. The number of carbonyl (C=O) groups is 2. The maximum Gasteiger partial charge on any atom is 0.242 e. The number of hydrogen-bond acceptors (Lipinski definition) is 4. The molecule has 2 amide bonds. The first kappa shape index (κ1) is 26.4. The lowest BCUT2D eigenvalue weighted by Gasteiger charge is -2.29. The van der Waals surface area contributed by atoms with Crippen LogP contribution in [0.4, 0.5) is 0 Å². The Morgan fingerprint density at radius 3 is 2.59 bits per heavy atom. The average Bonchev–Trinajstić information content (AvgIpc) is 2.79. The van der Waals surface area contributed by atoms with E-state index in [0.29, 0.717) is 34.6 Å². The molecule has 0 bridgehead atoms. The lowest BCUT2D eigenvalue weighted by Crippen LogP contribution is -2.48. The number of methoxy groups -OCH3 is 1. The van der Waals surface area contributed by atoms with Crippen LogP contribution >= 0.6 is 35.0 Å². The summed E-state index contributed by atoms with van der Waals surface area (Å²) in [6.45, 7) is 4.76. The van der Waals surface area contributed by atoms with Crippen molar-refractivity contribution in [1.29, 1.82) is 0 Å². The van der Waals surface area contributed by atoms with Crippen LogP contribution in [-0.2, 0) is 21.9 Å². The SMILES string of the molecule is CCCCNC(=O)C(C)N(Cc1cccc(OC)c1)C(=O)CSCc1ccc(Cl)c(Cl)c1. The van der Waals surface area contributed by atoms with Gasteiger partial charge in [0.1, 0.15) is 11.8 Å². The summed E-state index contributed by atoms with van der Waals surface area (Å²) in [4.78, 5) is 27.4. The number of unbranched alkanes of at least 4 members (excludes halogenated alkanes) is 1. The normalized spacial score (nSPS) is 11.7. The Bertz CT molecular complexity index is 911. The third-order valence-corrected chi connectivity index (χ3v) is 6.69. The van der Waals surface area contributed by atoms with Crippen molar-refractivity contribution in [1.82, 2.24) is 10.2 Å². The molecule has 2 rings (SSSR count). The van der Waals surface area contributed by atoms with Crippen LogP contribution in [0.15, 0.2) is 42.5 Å². The number of nitrogens with one attached hydrogen (secondary N) is 1. The fraction of sp³-hybridized carbons (Fsp3) is 0.417. The first-order valence-electron chi connectivity index (χ1n) is 10.6. The van der Waals surface area contributed by atoms with Crippen molar-refractivity contribution in [3.63, 3.8) is 0 Å². The molecule has 1 atom stereocenters. The van der Waals surface area contributed by atoms with Crippen LogP contribution in [0.3, 0.4) is 0 Å². The molecular weight excluding hydrogens is 467 g/mol. The summed E-state index contributed by atoms with van der Waals surface area (Å²) < 4.78 is 5.30. The summed E-state index contributed by atoms with van der Waals surface area (Å²) in [5, 5.41) is 3.93. The maximum absolute atomic E-state index is 13.1. The molecule has 1 N–H and O–H groups in total. The topological polar surface area (TPSA) is 58.6 Å². The summed E-state index contributed by atoms with van der Waals surface area (Å²) in [5.74, 6) is 1.33. The van der Waals surface area contributed by atoms with E-state index in [1.807, 2.05) is 30.3 Å². The molecule has 1 unspecified atom stereocenters. The number of benzene rings is 2. The van der Waals surface area contributed by atoms with Crippen molar-refractivity contribution in [3.05, 3.63) is 63.6 Å². The van der Waals surface area contributed by atoms with Crippen LogP contribution in [0.25, 0.3) is 0 Å². The van der Waals surface area contributed by atoms with Crippen LogP contribution in [0, 0.1) is 0 Å². The zero-order chi connectivity index (χ0) is 23.5. The fourth-order valence-electron chi connectivity index (χ4n) is 3.05. The summed E-state index contributed by atoms with van der Waals surface area (Å²) in [6, 6.07) is 12.4. The Balaban J connectivity index is 2.07. The molecule has 0 heterocycles. The van der Waals surface area contributed by atoms with E-state index in [0.717, 1.165) is 24.0 Å². The minimum atomic E-state index is -0.587. The molecule has 8 heteroatoms. The van der Waals surface area contributed by atoms with Crippen molar-refractivity contribution < 1.29 is 14.3 Å². The minimum Gasteiger partial charge on any atom is -0.497 e. The molecule has 32 heavy (non-hydrogen) atoms. The molecule has 0 spiro atoms. The average molecular weight is 497 g/mol. The first-order valence-corrected chi connectivity index (χ1v) is 12.5. The number of thioether (sulfide) groups is 1. The van der Waals surface area contributed by atoms with Gasteiger partial charge in [-0.15, -0.1) is 11.8 Å². The Morgan fingerprint density at radius 1 is 1.12 bits per heavy atom. The molecular formula is C24H30Cl2N2O3S.